The number of hydrogen-bond donors (Lipinski definition) is 1. The van der Waals surface area contributed by atoms with Gasteiger partial charge in [0.1, 0.15) is 0 Å². The molecule has 0 aliphatic carbocycles. The van der Waals surface area contributed by atoms with Crippen LogP contribution in [0.15, 0.2) is 0 Å². The van der Waals surface area contributed by atoms with Crippen molar-refractivity contribution in [2.24, 2.45) is 11.7 Å². The van der Waals surface area contributed by atoms with Crippen LogP contribution in [0.3, 0.4) is 0 Å². The zero-order valence-corrected chi connectivity index (χ0v) is 9.68. The Morgan fingerprint density at radius 3 is 2.64 bits per heavy atom. The van der Waals surface area contributed by atoms with E-state index in [0.717, 1.165) is 44.8 Å². The van der Waals surface area contributed by atoms with Crippen molar-refractivity contribution < 1.29 is 4.79 Å². The zero-order valence-electron chi connectivity index (χ0n) is 8.87. The molecule has 1 saturated heterocycles. The van der Waals surface area contributed by atoms with Crippen molar-refractivity contribution in [3.05, 3.63) is 0 Å². The van der Waals surface area contributed by atoms with Gasteiger partial charge in [-0.25, -0.2) is 0 Å². The number of thioether (sulfide) groups is 1. The molecule has 0 spiro atoms. The van der Waals surface area contributed by atoms with Gasteiger partial charge in [-0.1, -0.05) is 0 Å². The molecule has 0 atom stereocenters. The van der Waals surface area contributed by atoms with Crippen molar-refractivity contribution in [1.82, 2.24) is 4.90 Å². The maximum absolute atomic E-state index is 11.5. The highest BCUT2D eigenvalue weighted by Gasteiger charge is 2.21. The second-order valence-corrected chi connectivity index (χ2v) is 4.70. The van der Waals surface area contributed by atoms with Crippen LogP contribution in [0.2, 0.25) is 0 Å². The van der Waals surface area contributed by atoms with E-state index in [-0.39, 0.29) is 0 Å². The first-order valence-electron chi connectivity index (χ1n) is 5.24. The van der Waals surface area contributed by atoms with E-state index in [9.17, 15) is 4.79 Å². The van der Waals surface area contributed by atoms with E-state index >= 15 is 0 Å². The minimum absolute atomic E-state index is 0.295. The summed E-state index contributed by atoms with van der Waals surface area (Å²) in [6.45, 7) is 2.65. The van der Waals surface area contributed by atoms with Gasteiger partial charge in [-0.2, -0.15) is 11.8 Å². The summed E-state index contributed by atoms with van der Waals surface area (Å²) in [5.41, 5.74) is 5.52. The van der Waals surface area contributed by atoms with Crippen molar-refractivity contribution in [2.45, 2.75) is 19.3 Å². The lowest BCUT2D eigenvalue weighted by Gasteiger charge is -2.31. The summed E-state index contributed by atoms with van der Waals surface area (Å²) >= 11 is 1.60. The maximum atomic E-state index is 11.5. The Balaban J connectivity index is 2.24. The molecule has 0 aromatic heterocycles. The Morgan fingerprint density at radius 1 is 1.50 bits per heavy atom. The van der Waals surface area contributed by atoms with Crippen LogP contribution >= 0.6 is 11.8 Å². The fourth-order valence-corrected chi connectivity index (χ4v) is 2.35. The Morgan fingerprint density at radius 2 is 2.14 bits per heavy atom. The molecular formula is C10H20N2OS. The lowest BCUT2D eigenvalue weighted by Crippen LogP contribution is -2.39. The van der Waals surface area contributed by atoms with Gasteiger partial charge >= 0.3 is 0 Å². The zero-order chi connectivity index (χ0) is 10.4. The maximum Gasteiger partial charge on any atom is 0.232 e. The predicted molar refractivity (Wildman–Crippen MR) is 61.4 cm³/mol. The molecule has 3 nitrogen and oxygen atoms in total. The monoisotopic (exact) mass is 216 g/mol. The standard InChI is InChI=1S/C10H20N2OS/c1-14-8-10(13)12-6-3-9(2-5-11)4-7-12/h9H,2-8,11H2,1H3. The second kappa shape index (κ2) is 6.30. The Bertz CT molecular complexity index is 179. The summed E-state index contributed by atoms with van der Waals surface area (Å²) in [5.74, 6) is 1.67. The molecule has 0 saturated carbocycles. The molecule has 1 amide bonds. The number of hydrogen-bond acceptors (Lipinski definition) is 3. The lowest BCUT2D eigenvalue weighted by atomic mass is 9.94. The van der Waals surface area contributed by atoms with Crippen LogP contribution in [0, 0.1) is 5.92 Å². The number of nitrogens with zero attached hydrogens (tertiary/aromatic N) is 1. The quantitative estimate of drug-likeness (QED) is 0.760. The first-order chi connectivity index (χ1) is 6.77. The molecule has 4 heteroatoms. The van der Waals surface area contributed by atoms with E-state index < -0.39 is 0 Å². The number of amides is 1. The summed E-state index contributed by atoms with van der Waals surface area (Å²) < 4.78 is 0. The molecule has 2 N–H and O–H groups in total. The summed E-state index contributed by atoms with van der Waals surface area (Å²) in [6, 6.07) is 0. The third kappa shape index (κ3) is 3.50. The van der Waals surface area contributed by atoms with Gasteiger partial charge in [0.15, 0.2) is 0 Å². The van der Waals surface area contributed by atoms with Crippen LogP contribution in [-0.4, -0.2) is 42.4 Å². The van der Waals surface area contributed by atoms with Crippen molar-refractivity contribution in [2.75, 3.05) is 31.6 Å². The van der Waals surface area contributed by atoms with Crippen molar-refractivity contribution in [3.8, 4) is 0 Å². The number of likely N-dealkylation sites (tertiary alicyclic amines) is 1. The van der Waals surface area contributed by atoms with E-state index in [2.05, 4.69) is 0 Å². The second-order valence-electron chi connectivity index (χ2n) is 3.83. The van der Waals surface area contributed by atoms with Crippen LogP contribution in [0.1, 0.15) is 19.3 Å². The smallest absolute Gasteiger partial charge is 0.232 e. The van der Waals surface area contributed by atoms with Gasteiger partial charge < -0.3 is 10.6 Å². The Labute approximate surface area is 90.4 Å². The summed E-state index contributed by atoms with van der Waals surface area (Å²) in [7, 11) is 0. The van der Waals surface area contributed by atoms with E-state index in [0.29, 0.717) is 11.7 Å². The topological polar surface area (TPSA) is 46.3 Å². The average Bonchev–Trinajstić information content (AvgIpc) is 2.20. The molecule has 0 aromatic carbocycles. The molecular weight excluding hydrogens is 196 g/mol. The highest BCUT2D eigenvalue weighted by atomic mass is 32.2. The molecule has 0 aromatic rings. The molecule has 0 unspecified atom stereocenters. The molecule has 14 heavy (non-hydrogen) atoms. The van der Waals surface area contributed by atoms with Gasteiger partial charge in [-0.05, 0) is 38.0 Å². The van der Waals surface area contributed by atoms with Crippen LogP contribution in [0.25, 0.3) is 0 Å². The predicted octanol–water partition coefficient (Wildman–Crippen LogP) is 0.937. The van der Waals surface area contributed by atoms with Gasteiger partial charge in [0.25, 0.3) is 0 Å². The van der Waals surface area contributed by atoms with Crippen LogP contribution in [0.4, 0.5) is 0 Å². The Kier molecular flexibility index (Phi) is 5.33. The van der Waals surface area contributed by atoms with Crippen LogP contribution < -0.4 is 5.73 Å². The minimum atomic E-state index is 0.295. The molecule has 1 rings (SSSR count). The minimum Gasteiger partial charge on any atom is -0.342 e. The van der Waals surface area contributed by atoms with Crippen molar-refractivity contribution >= 4 is 17.7 Å². The largest absolute Gasteiger partial charge is 0.342 e. The van der Waals surface area contributed by atoms with Gasteiger partial charge in [0, 0.05) is 13.1 Å². The van der Waals surface area contributed by atoms with Crippen LogP contribution in [0.5, 0.6) is 0 Å². The molecule has 0 bridgehead atoms. The van der Waals surface area contributed by atoms with Gasteiger partial charge in [-0.15, -0.1) is 0 Å². The van der Waals surface area contributed by atoms with E-state index in [1.54, 1.807) is 11.8 Å². The van der Waals surface area contributed by atoms with E-state index in [1.165, 1.54) is 0 Å². The van der Waals surface area contributed by atoms with Gasteiger partial charge in [0.2, 0.25) is 5.91 Å². The number of carbonyl (C=O) groups is 1. The van der Waals surface area contributed by atoms with Gasteiger partial charge in [-0.3, -0.25) is 4.79 Å². The molecule has 82 valence electrons. The van der Waals surface area contributed by atoms with Crippen molar-refractivity contribution in [1.29, 1.82) is 0 Å². The first-order valence-corrected chi connectivity index (χ1v) is 6.64. The molecule has 0 radical (unpaired) electrons. The molecule has 1 aliphatic heterocycles. The number of nitrogens with two attached hydrogens (primary N) is 1. The highest BCUT2D eigenvalue weighted by Crippen LogP contribution is 2.20. The fraction of sp³-hybridized carbons (Fsp3) is 0.900. The normalized spacial score (nSPS) is 18.6. The summed E-state index contributed by atoms with van der Waals surface area (Å²) in [6.07, 6.45) is 5.36. The average molecular weight is 216 g/mol. The number of rotatable bonds is 4. The van der Waals surface area contributed by atoms with E-state index in [4.69, 9.17) is 5.73 Å². The Hall–Kier alpha value is -0.220. The SMILES string of the molecule is CSCC(=O)N1CCC(CCN)CC1. The van der Waals surface area contributed by atoms with E-state index in [1.807, 2.05) is 11.2 Å². The third-order valence-corrected chi connectivity index (χ3v) is 3.35. The van der Waals surface area contributed by atoms with Gasteiger partial charge in [0.05, 0.1) is 5.75 Å². The van der Waals surface area contributed by atoms with Crippen molar-refractivity contribution in [3.63, 3.8) is 0 Å². The number of piperidine rings is 1. The molecule has 1 heterocycles. The third-order valence-electron chi connectivity index (χ3n) is 2.81. The lowest BCUT2D eigenvalue weighted by molar-refractivity contribution is -0.129. The summed E-state index contributed by atoms with van der Waals surface area (Å²) in [5, 5.41) is 0. The number of carbonyl (C=O) groups excluding carboxylic acids is 1. The fourth-order valence-electron chi connectivity index (χ4n) is 1.92. The molecule has 1 fully saturated rings. The van der Waals surface area contributed by atoms with Crippen LogP contribution in [-0.2, 0) is 4.79 Å². The summed E-state index contributed by atoms with van der Waals surface area (Å²) in [4.78, 5) is 13.5. The molecule has 1 aliphatic rings. The first kappa shape index (κ1) is 11.9. The highest BCUT2D eigenvalue weighted by molar-refractivity contribution is 7.99.